The molecule has 2 N–H and O–H groups in total. The number of nitrogens with zero attached hydrogens (tertiary/aromatic N) is 3. The molecule has 72 valence electrons. The molecule has 2 aromatic rings. The van der Waals surface area contributed by atoms with E-state index in [4.69, 9.17) is 5.11 Å². The van der Waals surface area contributed by atoms with Gasteiger partial charge in [-0.1, -0.05) is 0 Å². The molecule has 0 atom stereocenters. The predicted octanol–water partition coefficient (Wildman–Crippen LogP) is 0.498. The Morgan fingerprint density at radius 2 is 2.29 bits per heavy atom. The zero-order chi connectivity index (χ0) is 9.97. The smallest absolute Gasteiger partial charge is 0.199 e. The van der Waals surface area contributed by atoms with Crippen molar-refractivity contribution in [3.05, 3.63) is 30.0 Å². The molecule has 5 nitrogen and oxygen atoms in total. The molecule has 0 aromatic carbocycles. The topological polar surface area (TPSA) is 74.7 Å². The highest BCUT2D eigenvalue weighted by Crippen LogP contribution is 2.11. The fourth-order valence-electron chi connectivity index (χ4n) is 0.989. The molecule has 0 saturated heterocycles. The quantitative estimate of drug-likeness (QED) is 0.729. The lowest BCUT2D eigenvalue weighted by atomic mass is 10.3. The van der Waals surface area contributed by atoms with Gasteiger partial charge in [-0.25, -0.2) is 14.4 Å². The van der Waals surface area contributed by atoms with E-state index in [1.807, 2.05) is 0 Å². The number of H-pyrrole nitrogens is 1. The summed E-state index contributed by atoms with van der Waals surface area (Å²) >= 11 is 0. The minimum Gasteiger partial charge on any atom is -0.388 e. The van der Waals surface area contributed by atoms with Crippen LogP contribution >= 0.6 is 0 Å². The number of nitrogens with one attached hydrogen (secondary N) is 1. The Labute approximate surface area is 78.6 Å². The lowest BCUT2D eigenvalue weighted by Gasteiger charge is -1.92. The third-order valence-corrected chi connectivity index (χ3v) is 1.64. The number of aromatic amines is 1. The van der Waals surface area contributed by atoms with Crippen molar-refractivity contribution in [2.24, 2.45) is 0 Å². The van der Waals surface area contributed by atoms with Gasteiger partial charge in [0.2, 0.25) is 0 Å². The Balaban J connectivity index is 2.34. The van der Waals surface area contributed by atoms with Crippen LogP contribution in [0.25, 0.3) is 11.5 Å². The summed E-state index contributed by atoms with van der Waals surface area (Å²) in [7, 11) is 0. The Kier molecular flexibility index (Phi) is 2.19. The summed E-state index contributed by atoms with van der Waals surface area (Å²) in [5.41, 5.74) is 0.461. The molecule has 0 fully saturated rings. The fourth-order valence-corrected chi connectivity index (χ4v) is 0.989. The highest BCUT2D eigenvalue weighted by Gasteiger charge is 2.05. The molecule has 0 radical (unpaired) electrons. The summed E-state index contributed by atoms with van der Waals surface area (Å²) in [4.78, 5) is 7.72. The fraction of sp³-hybridized carbons (Fsp3) is 0.125. The first-order valence-electron chi connectivity index (χ1n) is 3.93. The van der Waals surface area contributed by atoms with Crippen LogP contribution in [0.15, 0.2) is 18.3 Å². The van der Waals surface area contributed by atoms with Gasteiger partial charge in [-0.3, -0.25) is 5.10 Å². The van der Waals surface area contributed by atoms with Gasteiger partial charge in [-0.15, -0.1) is 0 Å². The van der Waals surface area contributed by atoms with Crippen molar-refractivity contribution in [3.63, 3.8) is 0 Å². The van der Waals surface area contributed by atoms with Crippen molar-refractivity contribution in [1.29, 1.82) is 0 Å². The molecule has 0 bridgehead atoms. The van der Waals surface area contributed by atoms with Crippen LogP contribution in [0.2, 0.25) is 0 Å². The largest absolute Gasteiger partial charge is 0.388 e. The monoisotopic (exact) mass is 194 g/mol. The van der Waals surface area contributed by atoms with Crippen molar-refractivity contribution in [3.8, 4) is 11.5 Å². The molecular weight excluding hydrogens is 187 g/mol. The summed E-state index contributed by atoms with van der Waals surface area (Å²) < 4.78 is 12.5. The summed E-state index contributed by atoms with van der Waals surface area (Å²) in [6, 6.07) is 2.75. The van der Waals surface area contributed by atoms with Crippen molar-refractivity contribution >= 4 is 0 Å². The normalized spacial score (nSPS) is 10.4. The van der Waals surface area contributed by atoms with Gasteiger partial charge in [0, 0.05) is 0 Å². The molecule has 0 aliphatic rings. The second kappa shape index (κ2) is 3.51. The zero-order valence-electron chi connectivity index (χ0n) is 7.11. The minimum atomic E-state index is -0.410. The van der Waals surface area contributed by atoms with E-state index in [0.717, 1.165) is 6.20 Å². The number of rotatable bonds is 2. The van der Waals surface area contributed by atoms with E-state index in [2.05, 4.69) is 20.2 Å². The molecule has 2 rings (SSSR count). The number of aliphatic hydroxyl groups excluding tert-OH is 1. The molecule has 2 aromatic heterocycles. The van der Waals surface area contributed by atoms with E-state index in [1.165, 1.54) is 12.1 Å². The first-order chi connectivity index (χ1) is 6.79. The number of pyridine rings is 1. The number of halogens is 1. The molecule has 0 unspecified atom stereocenters. The van der Waals surface area contributed by atoms with Crippen molar-refractivity contribution in [1.82, 2.24) is 20.2 Å². The van der Waals surface area contributed by atoms with E-state index in [0.29, 0.717) is 17.3 Å². The average molecular weight is 194 g/mol. The van der Waals surface area contributed by atoms with E-state index in [9.17, 15) is 4.39 Å². The second-order valence-electron chi connectivity index (χ2n) is 2.63. The van der Waals surface area contributed by atoms with Crippen LogP contribution in [0.3, 0.4) is 0 Å². The summed E-state index contributed by atoms with van der Waals surface area (Å²) in [5, 5.41) is 15.1. The maximum absolute atomic E-state index is 12.5. The van der Waals surface area contributed by atoms with Crippen LogP contribution in [-0.2, 0) is 6.61 Å². The number of aromatic nitrogens is 4. The first kappa shape index (κ1) is 8.76. The van der Waals surface area contributed by atoms with Crippen molar-refractivity contribution in [2.75, 3.05) is 0 Å². The number of hydrogen-bond acceptors (Lipinski definition) is 4. The van der Waals surface area contributed by atoms with Gasteiger partial charge < -0.3 is 5.11 Å². The van der Waals surface area contributed by atoms with Crippen molar-refractivity contribution < 1.29 is 9.50 Å². The second-order valence-corrected chi connectivity index (χ2v) is 2.63. The van der Waals surface area contributed by atoms with Gasteiger partial charge in [0.1, 0.15) is 18.1 Å². The van der Waals surface area contributed by atoms with E-state index < -0.39 is 5.82 Å². The van der Waals surface area contributed by atoms with Gasteiger partial charge in [-0.2, -0.15) is 5.10 Å². The summed E-state index contributed by atoms with van der Waals surface area (Å²) in [6.45, 7) is -0.214. The standard InChI is InChI=1S/C8H7FN4O/c9-5-1-2-6(10-3-5)8-11-7(4-14)12-13-8/h1-3,14H,4H2,(H,11,12,13). The van der Waals surface area contributed by atoms with E-state index in [1.54, 1.807) is 0 Å². The van der Waals surface area contributed by atoms with Crippen LogP contribution in [0, 0.1) is 5.82 Å². The maximum atomic E-state index is 12.5. The van der Waals surface area contributed by atoms with E-state index >= 15 is 0 Å². The molecule has 0 saturated carbocycles. The molecule has 0 spiro atoms. The molecule has 0 aliphatic heterocycles. The molecule has 2 heterocycles. The van der Waals surface area contributed by atoms with E-state index in [-0.39, 0.29) is 6.61 Å². The molecule has 0 aliphatic carbocycles. The SMILES string of the molecule is OCc1nc(-c2ccc(F)cn2)n[nH]1. The van der Waals surface area contributed by atoms with Gasteiger partial charge in [0.15, 0.2) is 11.6 Å². The van der Waals surface area contributed by atoms with Gasteiger partial charge in [-0.05, 0) is 12.1 Å². The highest BCUT2D eigenvalue weighted by atomic mass is 19.1. The summed E-state index contributed by atoms with van der Waals surface area (Å²) in [5.74, 6) is 0.284. The predicted molar refractivity (Wildman–Crippen MR) is 45.5 cm³/mol. The Hall–Kier alpha value is -1.82. The van der Waals surface area contributed by atoms with Gasteiger partial charge >= 0.3 is 0 Å². The molecule has 14 heavy (non-hydrogen) atoms. The minimum absolute atomic E-state index is 0.214. The highest BCUT2D eigenvalue weighted by molar-refractivity contribution is 5.47. The van der Waals surface area contributed by atoms with Gasteiger partial charge in [0.25, 0.3) is 0 Å². The molecular formula is C8H7FN4O. The Bertz CT molecular complexity index is 425. The third kappa shape index (κ3) is 1.60. The van der Waals surface area contributed by atoms with Crippen LogP contribution in [0.1, 0.15) is 5.82 Å². The Morgan fingerprint density at radius 3 is 2.86 bits per heavy atom. The van der Waals surface area contributed by atoms with Crippen molar-refractivity contribution in [2.45, 2.75) is 6.61 Å². The van der Waals surface area contributed by atoms with Crippen LogP contribution in [-0.4, -0.2) is 25.3 Å². The average Bonchev–Trinajstić information content (AvgIpc) is 2.67. The number of hydrogen-bond donors (Lipinski definition) is 2. The van der Waals surface area contributed by atoms with Crippen LogP contribution < -0.4 is 0 Å². The number of aliphatic hydroxyl groups is 1. The summed E-state index contributed by atoms with van der Waals surface area (Å²) in [6.07, 6.45) is 1.09. The lowest BCUT2D eigenvalue weighted by Crippen LogP contribution is -1.87. The third-order valence-electron chi connectivity index (χ3n) is 1.64. The lowest BCUT2D eigenvalue weighted by molar-refractivity contribution is 0.272. The molecule has 0 amide bonds. The van der Waals surface area contributed by atoms with Crippen LogP contribution in [0.4, 0.5) is 4.39 Å². The van der Waals surface area contributed by atoms with Crippen LogP contribution in [0.5, 0.6) is 0 Å². The Morgan fingerprint density at radius 1 is 1.43 bits per heavy atom. The maximum Gasteiger partial charge on any atom is 0.199 e. The zero-order valence-corrected chi connectivity index (χ0v) is 7.11. The first-order valence-corrected chi connectivity index (χ1v) is 3.93. The van der Waals surface area contributed by atoms with Gasteiger partial charge in [0.05, 0.1) is 6.20 Å². The molecule has 6 heteroatoms.